The summed E-state index contributed by atoms with van der Waals surface area (Å²) >= 11 is 1.32. The van der Waals surface area contributed by atoms with E-state index in [4.69, 9.17) is 4.74 Å². The Hall–Kier alpha value is -0.470. The molecule has 1 saturated carbocycles. The van der Waals surface area contributed by atoms with E-state index in [-0.39, 0.29) is 6.04 Å². The van der Waals surface area contributed by atoms with Crippen LogP contribution in [0.15, 0.2) is 16.3 Å². The molecule has 1 aliphatic rings. The molecule has 1 aromatic heterocycles. The molecule has 2 N–H and O–H groups in total. The van der Waals surface area contributed by atoms with Crippen LogP contribution in [0.5, 0.6) is 0 Å². The van der Waals surface area contributed by atoms with E-state index in [1.807, 2.05) is 13.0 Å². The van der Waals surface area contributed by atoms with Crippen molar-refractivity contribution in [2.75, 3.05) is 13.2 Å². The van der Waals surface area contributed by atoms with Crippen LogP contribution in [-0.2, 0) is 21.3 Å². The second kappa shape index (κ2) is 7.00. The van der Waals surface area contributed by atoms with Gasteiger partial charge >= 0.3 is 0 Å². The molecule has 0 bridgehead atoms. The normalized spacial score (nSPS) is 17.3. The van der Waals surface area contributed by atoms with Crippen molar-refractivity contribution in [3.63, 3.8) is 0 Å². The van der Waals surface area contributed by atoms with Crippen molar-refractivity contribution in [1.29, 1.82) is 0 Å². The molecule has 1 aliphatic carbocycles. The molecule has 0 amide bonds. The van der Waals surface area contributed by atoms with Crippen LogP contribution in [-0.4, -0.2) is 33.7 Å². The van der Waals surface area contributed by atoms with Gasteiger partial charge in [-0.15, -0.1) is 11.3 Å². The number of hydrogen-bond acceptors (Lipinski definition) is 5. The second-order valence-electron chi connectivity index (χ2n) is 5.06. The van der Waals surface area contributed by atoms with Gasteiger partial charge in [-0.3, -0.25) is 0 Å². The van der Waals surface area contributed by atoms with Crippen molar-refractivity contribution in [3.8, 4) is 0 Å². The quantitative estimate of drug-likeness (QED) is 0.727. The van der Waals surface area contributed by atoms with Crippen LogP contribution < -0.4 is 10.0 Å². The number of thiophene rings is 1. The Kier molecular flexibility index (Phi) is 5.57. The van der Waals surface area contributed by atoms with Crippen LogP contribution in [0.1, 0.15) is 31.6 Å². The fourth-order valence-electron chi connectivity index (χ4n) is 1.78. The number of hydrogen-bond donors (Lipinski definition) is 2. The molecule has 0 aliphatic heterocycles. The molecule has 1 fully saturated rings. The summed E-state index contributed by atoms with van der Waals surface area (Å²) in [5, 5.41) is 3.38. The largest absolute Gasteiger partial charge is 0.380 e. The molecule has 0 spiro atoms. The first-order valence-electron chi connectivity index (χ1n) is 6.93. The third-order valence-electron chi connectivity index (χ3n) is 2.97. The zero-order valence-electron chi connectivity index (χ0n) is 11.9. The number of ether oxygens (including phenoxy) is 1. The highest BCUT2D eigenvalue weighted by Gasteiger charge is 2.22. The Bertz CT molecular complexity index is 523. The Morgan fingerprint density at radius 3 is 2.85 bits per heavy atom. The minimum Gasteiger partial charge on any atom is -0.380 e. The van der Waals surface area contributed by atoms with Gasteiger partial charge in [0.05, 0.1) is 6.61 Å². The van der Waals surface area contributed by atoms with Gasteiger partial charge in [0.2, 0.25) is 10.0 Å². The average molecular weight is 318 g/mol. The molecule has 0 aromatic carbocycles. The SMILES string of the molecule is CCOCC(C)NS(=O)(=O)c1ccc(CNC2CC2)s1. The van der Waals surface area contributed by atoms with E-state index in [2.05, 4.69) is 10.0 Å². The zero-order valence-corrected chi connectivity index (χ0v) is 13.5. The summed E-state index contributed by atoms with van der Waals surface area (Å²) in [7, 11) is -3.43. The van der Waals surface area contributed by atoms with Crippen LogP contribution in [0.4, 0.5) is 0 Å². The molecule has 20 heavy (non-hydrogen) atoms. The number of rotatable bonds is 9. The summed E-state index contributed by atoms with van der Waals surface area (Å²) < 4.78 is 32.6. The average Bonchev–Trinajstić information content (AvgIpc) is 3.09. The van der Waals surface area contributed by atoms with Gasteiger partial charge < -0.3 is 10.1 Å². The van der Waals surface area contributed by atoms with E-state index >= 15 is 0 Å². The topological polar surface area (TPSA) is 67.4 Å². The van der Waals surface area contributed by atoms with Crippen molar-refractivity contribution < 1.29 is 13.2 Å². The minimum atomic E-state index is -3.43. The Balaban J connectivity index is 1.90. The summed E-state index contributed by atoms with van der Waals surface area (Å²) in [6, 6.07) is 3.95. The van der Waals surface area contributed by atoms with E-state index in [1.165, 1.54) is 24.2 Å². The van der Waals surface area contributed by atoms with Crippen molar-refractivity contribution >= 4 is 21.4 Å². The molecule has 1 unspecified atom stereocenters. The standard InChI is InChI=1S/C13H22N2O3S2/c1-3-18-9-10(2)15-20(16,17)13-7-6-12(19-13)8-14-11-4-5-11/h6-7,10-11,14-15H,3-5,8-9H2,1-2H3. The molecule has 0 saturated heterocycles. The lowest BCUT2D eigenvalue weighted by atomic mass is 10.4. The smallest absolute Gasteiger partial charge is 0.250 e. The molecule has 0 radical (unpaired) electrons. The highest BCUT2D eigenvalue weighted by molar-refractivity contribution is 7.91. The van der Waals surface area contributed by atoms with Gasteiger partial charge in [0.1, 0.15) is 4.21 Å². The lowest BCUT2D eigenvalue weighted by Gasteiger charge is -2.12. The van der Waals surface area contributed by atoms with Crippen molar-refractivity contribution in [1.82, 2.24) is 10.0 Å². The van der Waals surface area contributed by atoms with E-state index in [1.54, 1.807) is 13.0 Å². The summed E-state index contributed by atoms with van der Waals surface area (Å²) in [5.41, 5.74) is 0. The Labute approximate surface area is 124 Å². The molecule has 7 heteroatoms. The van der Waals surface area contributed by atoms with Gasteiger partial charge in [0.25, 0.3) is 0 Å². The molecular weight excluding hydrogens is 296 g/mol. The van der Waals surface area contributed by atoms with Crippen molar-refractivity contribution in [2.45, 2.75) is 49.5 Å². The van der Waals surface area contributed by atoms with Gasteiger partial charge in [0, 0.05) is 30.1 Å². The summed E-state index contributed by atoms with van der Waals surface area (Å²) in [6.07, 6.45) is 2.46. The molecule has 114 valence electrons. The molecule has 2 rings (SSSR count). The maximum atomic E-state index is 12.2. The number of nitrogens with one attached hydrogen (secondary N) is 2. The molecule has 1 atom stereocenters. The maximum Gasteiger partial charge on any atom is 0.250 e. The van der Waals surface area contributed by atoms with Gasteiger partial charge in [-0.1, -0.05) is 0 Å². The highest BCUT2D eigenvalue weighted by atomic mass is 32.2. The van der Waals surface area contributed by atoms with Crippen LogP contribution in [0.25, 0.3) is 0 Å². The first-order valence-corrected chi connectivity index (χ1v) is 9.23. The monoisotopic (exact) mass is 318 g/mol. The van der Waals surface area contributed by atoms with Gasteiger partial charge in [-0.25, -0.2) is 13.1 Å². The predicted molar refractivity (Wildman–Crippen MR) is 80.5 cm³/mol. The van der Waals surface area contributed by atoms with Crippen LogP contribution >= 0.6 is 11.3 Å². The van der Waals surface area contributed by atoms with Crippen LogP contribution in [0.3, 0.4) is 0 Å². The highest BCUT2D eigenvalue weighted by Crippen LogP contribution is 2.24. The molecule has 5 nitrogen and oxygen atoms in total. The summed E-state index contributed by atoms with van der Waals surface area (Å²) in [5.74, 6) is 0. The minimum absolute atomic E-state index is 0.227. The first kappa shape index (κ1) is 15.9. The van der Waals surface area contributed by atoms with E-state index in [0.717, 1.165) is 11.4 Å². The zero-order chi connectivity index (χ0) is 14.6. The van der Waals surface area contributed by atoms with Gasteiger partial charge in [-0.05, 0) is 38.8 Å². The van der Waals surface area contributed by atoms with E-state index in [0.29, 0.717) is 23.5 Å². The van der Waals surface area contributed by atoms with Crippen molar-refractivity contribution in [2.24, 2.45) is 0 Å². The maximum absolute atomic E-state index is 12.2. The molecule has 1 aromatic rings. The van der Waals surface area contributed by atoms with Crippen LogP contribution in [0.2, 0.25) is 0 Å². The number of sulfonamides is 1. The van der Waals surface area contributed by atoms with E-state index < -0.39 is 10.0 Å². The third-order valence-corrected chi connectivity index (χ3v) is 6.14. The molecule has 1 heterocycles. The Morgan fingerprint density at radius 1 is 1.45 bits per heavy atom. The summed E-state index contributed by atoms with van der Waals surface area (Å²) in [4.78, 5) is 1.05. The lowest BCUT2D eigenvalue weighted by Crippen LogP contribution is -2.35. The molecular formula is C13H22N2O3S2. The second-order valence-corrected chi connectivity index (χ2v) is 8.17. The predicted octanol–water partition coefficient (Wildman–Crippen LogP) is 1.70. The van der Waals surface area contributed by atoms with Crippen LogP contribution in [0, 0.1) is 0 Å². The first-order chi connectivity index (χ1) is 9.51. The summed E-state index contributed by atoms with van der Waals surface area (Å²) in [6.45, 7) is 5.41. The Morgan fingerprint density at radius 2 is 2.20 bits per heavy atom. The van der Waals surface area contributed by atoms with Gasteiger partial charge in [0.15, 0.2) is 0 Å². The lowest BCUT2D eigenvalue weighted by molar-refractivity contribution is 0.133. The fraction of sp³-hybridized carbons (Fsp3) is 0.692. The van der Waals surface area contributed by atoms with Crippen molar-refractivity contribution in [3.05, 3.63) is 17.0 Å². The van der Waals surface area contributed by atoms with Gasteiger partial charge in [-0.2, -0.15) is 0 Å². The van der Waals surface area contributed by atoms with E-state index in [9.17, 15) is 8.42 Å². The fourth-order valence-corrected chi connectivity index (χ4v) is 4.33. The third kappa shape index (κ3) is 4.82.